The molecule has 1 aromatic carbocycles. The van der Waals surface area contributed by atoms with Crippen molar-refractivity contribution in [3.8, 4) is 0 Å². The first-order valence-electron chi connectivity index (χ1n) is 8.42. The van der Waals surface area contributed by atoms with E-state index in [4.69, 9.17) is 0 Å². The maximum atomic E-state index is 11.0. The Balaban J connectivity index is 2.23. The summed E-state index contributed by atoms with van der Waals surface area (Å²) in [5.41, 5.74) is 4.80. The summed E-state index contributed by atoms with van der Waals surface area (Å²) in [5.74, 6) is 0.417. The zero-order valence-electron chi connectivity index (χ0n) is 14.2. The zero-order valence-corrected chi connectivity index (χ0v) is 14.2. The molecule has 0 saturated heterocycles. The summed E-state index contributed by atoms with van der Waals surface area (Å²) in [6, 6.07) is 5.07. The molecule has 118 valence electrons. The van der Waals surface area contributed by atoms with E-state index >= 15 is 0 Å². The van der Waals surface area contributed by atoms with Gasteiger partial charge in [0.25, 0.3) is 0 Å². The molecule has 1 aliphatic carbocycles. The first kappa shape index (κ1) is 16.5. The maximum absolute atomic E-state index is 11.0. The first-order chi connectivity index (χ1) is 9.90. The van der Waals surface area contributed by atoms with E-state index in [2.05, 4.69) is 52.1 Å². The Morgan fingerprint density at radius 2 is 1.57 bits per heavy atom. The molecule has 0 radical (unpaired) electrons. The van der Waals surface area contributed by atoms with Gasteiger partial charge in [0.2, 0.25) is 0 Å². The lowest BCUT2D eigenvalue weighted by Gasteiger charge is -2.32. The Bertz CT molecular complexity index is 451. The SMILES string of the molecule is Cc1cc(C)c(C(O)C(NC2CCCC2)C(C)C)c(C)c1. The van der Waals surface area contributed by atoms with Gasteiger partial charge in [0, 0.05) is 12.1 Å². The van der Waals surface area contributed by atoms with Crippen molar-refractivity contribution in [2.45, 2.75) is 78.5 Å². The Morgan fingerprint density at radius 3 is 2.05 bits per heavy atom. The van der Waals surface area contributed by atoms with E-state index in [9.17, 15) is 5.11 Å². The van der Waals surface area contributed by atoms with E-state index in [1.807, 2.05) is 0 Å². The van der Waals surface area contributed by atoms with Crippen LogP contribution in [0.5, 0.6) is 0 Å². The second-order valence-electron chi connectivity index (χ2n) is 7.18. The summed E-state index contributed by atoms with van der Waals surface area (Å²) in [7, 11) is 0. The summed E-state index contributed by atoms with van der Waals surface area (Å²) in [6.45, 7) is 10.8. The van der Waals surface area contributed by atoms with Crippen molar-refractivity contribution >= 4 is 0 Å². The summed E-state index contributed by atoms with van der Waals surface area (Å²) in [5, 5.41) is 14.7. The molecule has 0 spiro atoms. The summed E-state index contributed by atoms with van der Waals surface area (Å²) < 4.78 is 0. The van der Waals surface area contributed by atoms with Crippen molar-refractivity contribution in [1.82, 2.24) is 5.32 Å². The van der Waals surface area contributed by atoms with E-state index in [-0.39, 0.29) is 6.04 Å². The highest BCUT2D eigenvalue weighted by Crippen LogP contribution is 2.30. The average molecular weight is 289 g/mol. The molecule has 1 fully saturated rings. The van der Waals surface area contributed by atoms with E-state index in [1.165, 1.54) is 42.4 Å². The quantitative estimate of drug-likeness (QED) is 0.851. The van der Waals surface area contributed by atoms with Crippen molar-refractivity contribution in [2.24, 2.45) is 5.92 Å². The highest BCUT2D eigenvalue weighted by atomic mass is 16.3. The Kier molecular flexibility index (Phi) is 5.45. The van der Waals surface area contributed by atoms with Crippen molar-refractivity contribution in [1.29, 1.82) is 0 Å². The van der Waals surface area contributed by atoms with E-state index < -0.39 is 6.10 Å². The second-order valence-corrected chi connectivity index (χ2v) is 7.18. The van der Waals surface area contributed by atoms with Gasteiger partial charge in [-0.2, -0.15) is 0 Å². The van der Waals surface area contributed by atoms with Gasteiger partial charge in [0.1, 0.15) is 0 Å². The molecule has 1 aromatic rings. The normalized spacial score (nSPS) is 19.2. The minimum absolute atomic E-state index is 0.133. The molecular formula is C19H31NO. The Hall–Kier alpha value is -0.860. The van der Waals surface area contributed by atoms with Gasteiger partial charge < -0.3 is 10.4 Å². The predicted molar refractivity (Wildman–Crippen MR) is 89.6 cm³/mol. The van der Waals surface area contributed by atoms with Gasteiger partial charge in [0.15, 0.2) is 0 Å². The number of nitrogens with one attached hydrogen (secondary N) is 1. The van der Waals surface area contributed by atoms with Crippen LogP contribution < -0.4 is 5.32 Å². The molecule has 2 nitrogen and oxygen atoms in total. The third-order valence-electron chi connectivity index (χ3n) is 4.88. The molecule has 2 N–H and O–H groups in total. The maximum Gasteiger partial charge on any atom is 0.0950 e. The van der Waals surface area contributed by atoms with Gasteiger partial charge >= 0.3 is 0 Å². The third kappa shape index (κ3) is 3.87. The lowest BCUT2D eigenvalue weighted by molar-refractivity contribution is 0.0969. The Morgan fingerprint density at radius 1 is 1.05 bits per heavy atom. The lowest BCUT2D eigenvalue weighted by atomic mass is 9.87. The van der Waals surface area contributed by atoms with E-state index in [0.29, 0.717) is 12.0 Å². The molecule has 1 saturated carbocycles. The van der Waals surface area contributed by atoms with Crippen LogP contribution in [0.1, 0.15) is 67.9 Å². The molecule has 0 amide bonds. The minimum atomic E-state index is -0.425. The summed E-state index contributed by atoms with van der Waals surface area (Å²) >= 11 is 0. The van der Waals surface area contributed by atoms with Crippen molar-refractivity contribution < 1.29 is 5.11 Å². The van der Waals surface area contributed by atoms with Crippen LogP contribution in [-0.2, 0) is 0 Å². The van der Waals surface area contributed by atoms with Crippen LogP contribution in [0.2, 0.25) is 0 Å². The van der Waals surface area contributed by atoms with Crippen LogP contribution in [0.15, 0.2) is 12.1 Å². The van der Waals surface area contributed by atoms with Gasteiger partial charge in [-0.05, 0) is 56.2 Å². The monoisotopic (exact) mass is 289 g/mol. The van der Waals surface area contributed by atoms with E-state index in [1.54, 1.807) is 0 Å². The zero-order chi connectivity index (χ0) is 15.6. The summed E-state index contributed by atoms with van der Waals surface area (Å²) in [4.78, 5) is 0. The highest BCUT2D eigenvalue weighted by molar-refractivity contribution is 5.39. The number of benzene rings is 1. The largest absolute Gasteiger partial charge is 0.387 e. The van der Waals surface area contributed by atoms with Crippen molar-refractivity contribution in [3.05, 3.63) is 34.4 Å². The predicted octanol–water partition coefficient (Wildman–Crippen LogP) is 4.20. The topological polar surface area (TPSA) is 32.3 Å². The van der Waals surface area contributed by atoms with Crippen molar-refractivity contribution in [2.75, 3.05) is 0 Å². The van der Waals surface area contributed by atoms with Crippen molar-refractivity contribution in [3.63, 3.8) is 0 Å². The molecule has 2 heteroatoms. The smallest absolute Gasteiger partial charge is 0.0950 e. The van der Waals surface area contributed by atoms with Crippen LogP contribution in [0, 0.1) is 26.7 Å². The number of aliphatic hydroxyl groups is 1. The Labute approximate surface area is 130 Å². The number of hydrogen-bond donors (Lipinski definition) is 2. The van der Waals surface area contributed by atoms with Crippen LogP contribution >= 0.6 is 0 Å². The molecule has 2 unspecified atom stereocenters. The number of aliphatic hydroxyl groups excluding tert-OH is 1. The molecular weight excluding hydrogens is 258 g/mol. The van der Waals surface area contributed by atoms with Gasteiger partial charge in [0.05, 0.1) is 6.10 Å². The first-order valence-corrected chi connectivity index (χ1v) is 8.42. The second kappa shape index (κ2) is 6.93. The molecule has 2 rings (SSSR count). The average Bonchev–Trinajstić information content (AvgIpc) is 2.86. The number of hydrogen-bond acceptors (Lipinski definition) is 2. The van der Waals surface area contributed by atoms with E-state index in [0.717, 1.165) is 5.56 Å². The fourth-order valence-corrected chi connectivity index (χ4v) is 3.85. The van der Waals surface area contributed by atoms with Gasteiger partial charge in [-0.3, -0.25) is 0 Å². The number of aryl methyl sites for hydroxylation is 3. The summed E-state index contributed by atoms with van der Waals surface area (Å²) in [6.07, 6.45) is 4.72. The molecule has 0 bridgehead atoms. The van der Waals surface area contributed by atoms with Crippen LogP contribution in [0.4, 0.5) is 0 Å². The van der Waals surface area contributed by atoms with Gasteiger partial charge in [-0.1, -0.05) is 44.4 Å². The minimum Gasteiger partial charge on any atom is -0.387 e. The lowest BCUT2D eigenvalue weighted by Crippen LogP contribution is -2.44. The highest BCUT2D eigenvalue weighted by Gasteiger charge is 2.29. The molecule has 0 heterocycles. The third-order valence-corrected chi connectivity index (χ3v) is 4.88. The molecule has 21 heavy (non-hydrogen) atoms. The molecule has 0 aliphatic heterocycles. The fourth-order valence-electron chi connectivity index (χ4n) is 3.85. The van der Waals surface area contributed by atoms with Gasteiger partial charge in [-0.15, -0.1) is 0 Å². The van der Waals surface area contributed by atoms with Crippen LogP contribution in [0.25, 0.3) is 0 Å². The molecule has 0 aromatic heterocycles. The van der Waals surface area contributed by atoms with Crippen LogP contribution in [-0.4, -0.2) is 17.2 Å². The molecule has 2 atom stereocenters. The fraction of sp³-hybridized carbons (Fsp3) is 0.684. The van der Waals surface area contributed by atoms with Crippen LogP contribution in [0.3, 0.4) is 0 Å². The number of rotatable bonds is 5. The standard InChI is InChI=1S/C19H31NO/c1-12(2)18(20-16-8-6-7-9-16)19(21)17-14(4)10-13(3)11-15(17)5/h10-12,16,18-21H,6-9H2,1-5H3. The molecule has 1 aliphatic rings. The van der Waals surface area contributed by atoms with Gasteiger partial charge in [-0.25, -0.2) is 0 Å².